The van der Waals surface area contributed by atoms with Crippen LogP contribution in [-0.4, -0.2) is 18.5 Å². The summed E-state index contributed by atoms with van der Waals surface area (Å²) in [4.78, 5) is 0. The van der Waals surface area contributed by atoms with Crippen LogP contribution in [0.1, 0.15) is 11.1 Å². The van der Waals surface area contributed by atoms with Crippen LogP contribution < -0.4 is 21.2 Å². The molecule has 0 amide bonds. The van der Waals surface area contributed by atoms with Crippen molar-refractivity contribution in [1.82, 2.24) is 0 Å². The summed E-state index contributed by atoms with van der Waals surface area (Å²) in [6, 6.07) is 15.3. The van der Waals surface area contributed by atoms with Gasteiger partial charge in [0.05, 0.1) is 5.56 Å². The molecule has 0 saturated heterocycles. The van der Waals surface area contributed by atoms with Gasteiger partial charge < -0.3 is 4.55 Å². The number of hydrogen-bond acceptors (Lipinski definition) is 3. The second-order valence-electron chi connectivity index (χ2n) is 4.72. The highest BCUT2D eigenvalue weighted by Crippen LogP contribution is 2.29. The minimum Gasteiger partial charge on any atom is -0.741 e. The molecule has 0 heterocycles. The molecule has 0 aromatic heterocycles. The van der Waals surface area contributed by atoms with Gasteiger partial charge in [0.25, 0.3) is 0 Å². The van der Waals surface area contributed by atoms with E-state index in [-0.39, 0.29) is 21.2 Å². The SMILES string of the molecule is FC(F)(F)c1ccc(/C=C/[I+]c2ccccc2)cc1.O=S(=O)([O-])C(F)(F)F. The smallest absolute Gasteiger partial charge is 0.485 e. The lowest BCUT2D eigenvalue weighted by Gasteiger charge is -2.08. The Hall–Kier alpha value is -1.60. The van der Waals surface area contributed by atoms with E-state index in [4.69, 9.17) is 13.0 Å². The molecule has 0 saturated carbocycles. The van der Waals surface area contributed by atoms with Gasteiger partial charge in [-0.1, -0.05) is 30.3 Å². The van der Waals surface area contributed by atoms with Gasteiger partial charge in [0.2, 0.25) is 0 Å². The molecule has 0 aliphatic heterocycles. The first-order chi connectivity index (χ1) is 12.3. The van der Waals surface area contributed by atoms with Crippen LogP contribution in [0, 0.1) is 3.57 Å². The highest BCUT2D eigenvalue weighted by atomic mass is 127. The summed E-state index contributed by atoms with van der Waals surface area (Å²) in [5, 5.41) is 0. The number of halogens is 7. The maximum Gasteiger partial charge on any atom is 0.485 e. The van der Waals surface area contributed by atoms with Crippen LogP contribution in [-0.2, 0) is 16.3 Å². The second kappa shape index (κ2) is 9.55. The van der Waals surface area contributed by atoms with E-state index in [0.29, 0.717) is 0 Å². The van der Waals surface area contributed by atoms with Crippen molar-refractivity contribution in [3.8, 4) is 0 Å². The van der Waals surface area contributed by atoms with Crippen molar-refractivity contribution in [2.75, 3.05) is 0 Å². The number of hydrogen-bond donors (Lipinski definition) is 0. The van der Waals surface area contributed by atoms with Crippen LogP contribution in [0.4, 0.5) is 26.3 Å². The second-order valence-corrected chi connectivity index (χ2v) is 8.68. The Morgan fingerprint density at radius 1 is 0.852 bits per heavy atom. The van der Waals surface area contributed by atoms with Gasteiger partial charge >= 0.3 is 32.9 Å². The molecule has 0 N–H and O–H groups in total. The van der Waals surface area contributed by atoms with Crippen LogP contribution in [0.2, 0.25) is 0 Å². The molecule has 0 aliphatic rings. The molecule has 0 spiro atoms. The van der Waals surface area contributed by atoms with Gasteiger partial charge in [-0.05, 0) is 35.9 Å². The van der Waals surface area contributed by atoms with Gasteiger partial charge in [-0.25, -0.2) is 8.42 Å². The Labute approximate surface area is 161 Å². The van der Waals surface area contributed by atoms with Crippen LogP contribution >= 0.6 is 0 Å². The van der Waals surface area contributed by atoms with E-state index >= 15 is 0 Å². The van der Waals surface area contributed by atoms with Crippen molar-refractivity contribution in [3.63, 3.8) is 0 Å². The van der Waals surface area contributed by atoms with Crippen LogP contribution in [0.25, 0.3) is 6.08 Å². The standard InChI is InChI=1S/C15H11F3I.CHF3O3S/c16-15(17,18)13-8-6-12(7-9-13)10-11-19-14-4-2-1-3-5-14;2-1(3,4)8(5,6)7/h1-11H;(H,5,6,7)/q+1;/p-1/b11-10+;. The molecular formula is C16H11F6IO3S. The first-order valence-corrected chi connectivity index (χ1v) is 10.6. The molecule has 2 aromatic carbocycles. The van der Waals surface area contributed by atoms with Crippen molar-refractivity contribution < 1.29 is 60.5 Å². The zero-order chi connectivity index (χ0) is 20.7. The first kappa shape index (κ1) is 23.4. The van der Waals surface area contributed by atoms with Crippen molar-refractivity contribution in [2.45, 2.75) is 11.7 Å². The molecule has 0 aliphatic carbocycles. The molecule has 3 nitrogen and oxygen atoms in total. The van der Waals surface area contributed by atoms with Crippen molar-refractivity contribution in [1.29, 1.82) is 0 Å². The lowest BCUT2D eigenvalue weighted by Crippen LogP contribution is -3.59. The monoisotopic (exact) mass is 524 g/mol. The molecule has 2 rings (SSSR count). The molecular weight excluding hydrogens is 513 g/mol. The van der Waals surface area contributed by atoms with Gasteiger partial charge in [-0.2, -0.15) is 26.3 Å². The topological polar surface area (TPSA) is 57.2 Å². The Balaban J connectivity index is 0.000000387. The average molecular weight is 524 g/mol. The predicted octanol–water partition coefficient (Wildman–Crippen LogP) is 1.69. The number of rotatable bonds is 3. The summed E-state index contributed by atoms with van der Waals surface area (Å²) in [5.74, 6) is 0. The molecule has 0 atom stereocenters. The lowest BCUT2D eigenvalue weighted by molar-refractivity contribution is -0.555. The zero-order valence-corrected chi connectivity index (χ0v) is 16.1. The molecule has 0 fully saturated rings. The summed E-state index contributed by atoms with van der Waals surface area (Å²) >= 11 is -0.233. The number of alkyl halides is 6. The summed E-state index contributed by atoms with van der Waals surface area (Å²) in [6.45, 7) is 0. The predicted molar refractivity (Wildman–Crippen MR) is 81.4 cm³/mol. The summed E-state index contributed by atoms with van der Waals surface area (Å²) in [6.07, 6.45) is -2.39. The van der Waals surface area contributed by atoms with Crippen LogP contribution in [0.5, 0.6) is 0 Å². The fraction of sp³-hybridized carbons (Fsp3) is 0.125. The highest BCUT2D eigenvalue weighted by Gasteiger charge is 2.36. The minimum absolute atomic E-state index is 0.233. The molecule has 0 radical (unpaired) electrons. The van der Waals surface area contributed by atoms with E-state index in [9.17, 15) is 26.3 Å². The van der Waals surface area contributed by atoms with E-state index in [1.807, 2.05) is 24.3 Å². The quantitative estimate of drug-likeness (QED) is 0.266. The van der Waals surface area contributed by atoms with Gasteiger partial charge in [0, 0.05) is 0 Å². The summed E-state index contributed by atoms with van der Waals surface area (Å²) < 4.78 is 99.4. The number of benzene rings is 2. The van der Waals surface area contributed by atoms with Gasteiger partial charge in [0.15, 0.2) is 17.8 Å². The molecule has 2 aromatic rings. The zero-order valence-electron chi connectivity index (χ0n) is 13.1. The third kappa shape index (κ3) is 8.75. The van der Waals surface area contributed by atoms with Crippen LogP contribution in [0.15, 0.2) is 58.7 Å². The fourth-order valence-electron chi connectivity index (χ4n) is 1.45. The van der Waals surface area contributed by atoms with Crippen LogP contribution in [0.3, 0.4) is 0 Å². The van der Waals surface area contributed by atoms with E-state index < -0.39 is 27.4 Å². The van der Waals surface area contributed by atoms with Gasteiger partial charge in [-0.15, -0.1) is 0 Å². The molecule has 148 valence electrons. The maximum absolute atomic E-state index is 12.4. The normalized spacial score (nSPS) is 12.6. The summed E-state index contributed by atoms with van der Waals surface area (Å²) in [5.41, 5.74) is -5.46. The first-order valence-electron chi connectivity index (χ1n) is 6.85. The average Bonchev–Trinajstić information content (AvgIpc) is 2.54. The van der Waals surface area contributed by atoms with E-state index in [1.165, 1.54) is 15.7 Å². The Morgan fingerprint density at radius 3 is 1.74 bits per heavy atom. The van der Waals surface area contributed by atoms with E-state index in [0.717, 1.165) is 17.7 Å². The molecule has 0 unspecified atom stereocenters. The van der Waals surface area contributed by atoms with Gasteiger partial charge in [-0.3, -0.25) is 0 Å². The van der Waals surface area contributed by atoms with Crippen molar-refractivity contribution in [3.05, 3.63) is 73.4 Å². The largest absolute Gasteiger partial charge is 0.741 e. The molecule has 11 heteroatoms. The third-order valence-corrected chi connectivity index (χ3v) is 5.42. The third-order valence-electron chi connectivity index (χ3n) is 2.70. The van der Waals surface area contributed by atoms with Crippen molar-refractivity contribution in [2.24, 2.45) is 0 Å². The van der Waals surface area contributed by atoms with E-state index in [1.54, 1.807) is 0 Å². The highest BCUT2D eigenvalue weighted by molar-refractivity contribution is 7.86. The molecule has 27 heavy (non-hydrogen) atoms. The minimum atomic E-state index is -6.09. The summed E-state index contributed by atoms with van der Waals surface area (Å²) in [7, 11) is -6.09. The van der Waals surface area contributed by atoms with Crippen molar-refractivity contribution >= 4 is 16.2 Å². The lowest BCUT2D eigenvalue weighted by atomic mass is 10.1. The Bertz CT molecular complexity index is 844. The Morgan fingerprint density at radius 2 is 1.33 bits per heavy atom. The molecule has 0 bridgehead atoms. The maximum atomic E-state index is 12.4. The van der Waals surface area contributed by atoms with E-state index in [2.05, 4.69) is 16.2 Å². The fourth-order valence-corrected chi connectivity index (χ4v) is 3.29. The Kier molecular flexibility index (Phi) is 8.29. The van der Waals surface area contributed by atoms with Gasteiger partial charge in [0.1, 0.15) is 0 Å².